The standard InChI is InChI=1S/C14H29.C5H4N4S.Hg/c1-3-5-7-9-11-13-14-12-10-8-6-4-2;10-5-3-4(7-1-6-3)8-2-9-5;/h1,3-14H2,2H3;1-2H,(H2,6,7,8,9,10);/p+1. The Kier molecular flexibility index (Phi) is 14.5. The van der Waals surface area contributed by atoms with E-state index < -0.39 is 0 Å². The predicted octanol–water partition coefficient (Wildman–Crippen LogP) is 5.75. The van der Waals surface area contributed by atoms with Crippen LogP contribution in [0.1, 0.15) is 84.0 Å². The molecule has 0 unspecified atom stereocenters. The van der Waals surface area contributed by atoms with Gasteiger partial charge in [-0.15, -0.1) is 0 Å². The van der Waals surface area contributed by atoms with Crippen LogP contribution in [0.15, 0.2) is 12.7 Å². The molecule has 0 atom stereocenters. The van der Waals surface area contributed by atoms with E-state index >= 15 is 0 Å². The summed E-state index contributed by atoms with van der Waals surface area (Å²) in [5, 5.41) is 0. The topological polar surface area (TPSA) is 57.4 Å². The van der Waals surface area contributed by atoms with E-state index in [0.29, 0.717) is 0 Å². The molecule has 0 aliphatic rings. The van der Waals surface area contributed by atoms with Crippen molar-refractivity contribution in [2.45, 2.75) is 87.9 Å². The Morgan fingerprint density at radius 2 is 1.32 bits per heavy atom. The molecule has 0 saturated carbocycles. The minimum atomic E-state index is 0.728. The Balaban J connectivity index is 0.000000267. The van der Waals surface area contributed by atoms with Gasteiger partial charge in [-0.25, -0.2) is 9.97 Å². The van der Waals surface area contributed by atoms with E-state index in [1.165, 1.54) is 77.0 Å². The van der Waals surface area contributed by atoms with Crippen molar-refractivity contribution in [2.75, 3.05) is 0 Å². The normalized spacial score (nSPS) is 10.7. The third-order valence-corrected chi connectivity index (χ3v) is 6.63. The first-order chi connectivity index (χ1) is 12.3. The number of fused-ring (bicyclic) bond motifs is 1. The summed E-state index contributed by atoms with van der Waals surface area (Å²) in [7, 11) is 0. The summed E-state index contributed by atoms with van der Waals surface area (Å²) in [6, 6.07) is 0. The fourth-order valence-corrected chi connectivity index (χ4v) is 4.40. The van der Waals surface area contributed by atoms with Crippen LogP contribution >= 0.6 is 0 Å². The SMILES string of the molecule is CCCCCCCCCCCCC[CH2][Hg].[SH+]=c1[nH]cnc2[nH]cnc12. The second-order valence-corrected chi connectivity index (χ2v) is 9.79. The summed E-state index contributed by atoms with van der Waals surface area (Å²) in [6.07, 6.45) is 21.0. The molecule has 0 aliphatic carbocycles. The van der Waals surface area contributed by atoms with E-state index in [9.17, 15) is 0 Å². The molecule has 2 aromatic heterocycles. The summed E-state index contributed by atoms with van der Waals surface area (Å²) in [5.74, 6) is 0. The van der Waals surface area contributed by atoms with Gasteiger partial charge in [0.05, 0.1) is 12.7 Å². The van der Waals surface area contributed by atoms with E-state index in [4.69, 9.17) is 0 Å². The van der Waals surface area contributed by atoms with Gasteiger partial charge >= 0.3 is 105 Å². The second kappa shape index (κ2) is 15.9. The molecule has 0 spiro atoms. The molecule has 4 nitrogen and oxygen atoms in total. The van der Waals surface area contributed by atoms with Crippen LogP contribution in [0, 0.1) is 4.64 Å². The van der Waals surface area contributed by atoms with Crippen molar-refractivity contribution in [3.05, 3.63) is 17.3 Å². The molecule has 0 amide bonds. The number of aromatic amines is 2. The van der Waals surface area contributed by atoms with Crippen molar-refractivity contribution in [1.29, 1.82) is 0 Å². The number of nitrogens with zero attached hydrogens (tertiary/aromatic N) is 2. The largest absolute Gasteiger partial charge is 0.329 e. The van der Waals surface area contributed by atoms with Crippen LogP contribution in [0.25, 0.3) is 11.2 Å². The van der Waals surface area contributed by atoms with Crippen molar-refractivity contribution in [2.24, 2.45) is 0 Å². The first-order valence-corrected chi connectivity index (χ1v) is 14.3. The van der Waals surface area contributed by atoms with E-state index in [2.05, 4.69) is 39.1 Å². The number of hydrogen-bond acceptors (Lipinski definition) is 2. The predicted molar refractivity (Wildman–Crippen MR) is 106 cm³/mol. The molecule has 0 radical (unpaired) electrons. The molecule has 0 aromatic carbocycles. The number of H-pyrrole nitrogens is 2. The summed E-state index contributed by atoms with van der Waals surface area (Å²) < 4.78 is 2.29. The van der Waals surface area contributed by atoms with Gasteiger partial charge in [-0.3, -0.25) is 4.98 Å². The molecule has 2 heterocycles. The van der Waals surface area contributed by atoms with Crippen LogP contribution in [0.2, 0.25) is 3.93 Å². The van der Waals surface area contributed by atoms with Gasteiger partial charge in [-0.2, -0.15) is 0 Å². The van der Waals surface area contributed by atoms with Gasteiger partial charge in [0, 0.05) is 0 Å². The molecule has 0 bridgehead atoms. The second-order valence-electron chi connectivity index (χ2n) is 6.59. The fraction of sp³-hybridized carbons (Fsp3) is 0.737. The fourth-order valence-electron chi connectivity index (χ4n) is 2.80. The average molecular weight is 551 g/mol. The van der Waals surface area contributed by atoms with Crippen LogP contribution in [0.4, 0.5) is 0 Å². The Bertz CT molecular complexity index is 584. The maximum absolute atomic E-state index is 4.14. The Morgan fingerprint density at radius 3 is 1.84 bits per heavy atom. The van der Waals surface area contributed by atoms with Crippen molar-refractivity contribution >= 4 is 23.4 Å². The van der Waals surface area contributed by atoms with Gasteiger partial charge in [0.2, 0.25) is 0 Å². The monoisotopic (exact) mass is 552 g/mol. The maximum Gasteiger partial charge on any atom is 0.323 e. The van der Waals surface area contributed by atoms with Gasteiger partial charge in [0.15, 0.2) is 23.4 Å². The summed E-state index contributed by atoms with van der Waals surface area (Å²) in [4.78, 5) is 13.7. The number of hydrogen-bond donors (Lipinski definition) is 2. The van der Waals surface area contributed by atoms with E-state index in [1.807, 2.05) is 0 Å². The van der Waals surface area contributed by atoms with Gasteiger partial charge in [0.1, 0.15) is 0 Å². The third kappa shape index (κ3) is 11.1. The van der Waals surface area contributed by atoms with Crippen LogP contribution < -0.4 is 0 Å². The molecule has 0 aliphatic heterocycles. The van der Waals surface area contributed by atoms with Crippen molar-refractivity contribution in [3.63, 3.8) is 0 Å². The van der Waals surface area contributed by atoms with Crippen LogP contribution in [-0.2, 0) is 38.3 Å². The summed E-state index contributed by atoms with van der Waals surface area (Å²) in [6.45, 7) is 2.29. The number of imidazole rings is 1. The molecule has 2 aromatic rings. The molecule has 0 saturated heterocycles. The van der Waals surface area contributed by atoms with Crippen molar-refractivity contribution < 1.29 is 26.1 Å². The number of nitrogens with one attached hydrogen (secondary N) is 2. The molecule has 6 heteroatoms. The first kappa shape index (κ1) is 22.7. The zero-order chi connectivity index (χ0) is 18.2. The molecule has 2 N–H and O–H groups in total. The Morgan fingerprint density at radius 1 is 0.800 bits per heavy atom. The van der Waals surface area contributed by atoms with Crippen LogP contribution in [-0.4, -0.2) is 19.9 Å². The van der Waals surface area contributed by atoms with Gasteiger partial charge in [0.25, 0.3) is 0 Å². The van der Waals surface area contributed by atoms with Gasteiger partial charge in [-0.05, 0) is 0 Å². The van der Waals surface area contributed by atoms with Gasteiger partial charge < -0.3 is 4.98 Å². The summed E-state index contributed by atoms with van der Waals surface area (Å²) >= 11 is 5.20. The molecular weight excluding hydrogens is 517 g/mol. The summed E-state index contributed by atoms with van der Waals surface area (Å²) in [5.41, 5.74) is 1.52. The Labute approximate surface area is 174 Å². The van der Waals surface area contributed by atoms with Gasteiger partial charge in [-0.1, -0.05) is 13.3 Å². The molecule has 2 rings (SSSR count). The molecular formula is C19H34HgN4S+. The average Bonchev–Trinajstić information content (AvgIpc) is 3.11. The maximum atomic E-state index is 4.14. The number of unbranched alkanes of at least 4 members (excludes halogenated alkanes) is 11. The quantitative estimate of drug-likeness (QED) is 0.116. The van der Waals surface area contributed by atoms with E-state index in [1.54, 1.807) is 16.6 Å². The van der Waals surface area contributed by atoms with Crippen molar-refractivity contribution in [3.8, 4) is 0 Å². The Hall–Kier alpha value is -0.295. The minimum absolute atomic E-state index is 0.728. The first-order valence-electron chi connectivity index (χ1n) is 9.97. The smallest absolute Gasteiger partial charge is 0.323 e. The molecule has 0 fully saturated rings. The third-order valence-electron chi connectivity index (χ3n) is 4.34. The van der Waals surface area contributed by atoms with Crippen LogP contribution in [0.3, 0.4) is 0 Å². The molecule has 137 valence electrons. The zero-order valence-corrected chi connectivity index (χ0v) is 22.3. The number of aromatic nitrogens is 4. The molecule has 25 heavy (non-hydrogen) atoms. The minimum Gasteiger partial charge on any atom is -0.329 e. The van der Waals surface area contributed by atoms with Crippen molar-refractivity contribution in [1.82, 2.24) is 19.9 Å². The van der Waals surface area contributed by atoms with E-state index in [0.717, 1.165) is 41.9 Å². The van der Waals surface area contributed by atoms with E-state index in [-0.39, 0.29) is 0 Å². The zero-order valence-electron chi connectivity index (χ0n) is 15.9. The van der Waals surface area contributed by atoms with Crippen LogP contribution in [0.5, 0.6) is 0 Å². The number of rotatable bonds is 12. The number of thiol groups is 1.